The molecule has 3 aromatic heterocycles. The number of aromatic nitrogens is 7. The van der Waals surface area contributed by atoms with Gasteiger partial charge in [0.25, 0.3) is 0 Å². The Hall–Kier alpha value is -5.11. The van der Waals surface area contributed by atoms with Gasteiger partial charge in [0.15, 0.2) is 5.65 Å². The number of anilines is 1. The van der Waals surface area contributed by atoms with Crippen LogP contribution in [0.4, 0.5) is 18.9 Å². The van der Waals surface area contributed by atoms with E-state index in [2.05, 4.69) is 36.4 Å². The zero-order chi connectivity index (χ0) is 29.0. The van der Waals surface area contributed by atoms with Crippen molar-refractivity contribution in [3.8, 4) is 5.69 Å². The molecule has 0 bridgehead atoms. The predicted molar refractivity (Wildman–Crippen MR) is 142 cm³/mol. The first-order valence-corrected chi connectivity index (χ1v) is 12.3. The topological polar surface area (TPSA) is 132 Å². The molecular weight excluding hydrogens is 563 g/mol. The summed E-state index contributed by atoms with van der Waals surface area (Å²) in [6, 6.07) is 15.5. The quantitative estimate of drug-likeness (QED) is 0.267. The smallest absolute Gasteiger partial charge is 0.340 e. The zero-order valence-corrected chi connectivity index (χ0v) is 21.6. The molecule has 3 heterocycles. The number of fused-ring (bicyclic) bond motifs is 1. The molecule has 0 radical (unpaired) electrons. The van der Waals surface area contributed by atoms with Crippen LogP contribution in [0.3, 0.4) is 0 Å². The summed E-state index contributed by atoms with van der Waals surface area (Å²) in [4.78, 5) is 26.3. The second-order valence-electron chi connectivity index (χ2n) is 8.67. The Morgan fingerprint density at radius 3 is 2.59 bits per heavy atom. The fourth-order valence-electron chi connectivity index (χ4n) is 4.01. The van der Waals surface area contributed by atoms with Gasteiger partial charge in [0.1, 0.15) is 12.4 Å². The molecule has 1 atom stereocenters. The number of nitrogens with one attached hydrogen (secondary N) is 2. The number of alkyl halides is 3. The lowest BCUT2D eigenvalue weighted by atomic mass is 10.0. The molecular formula is C26H19ClF3N9O2. The van der Waals surface area contributed by atoms with E-state index >= 15 is 0 Å². The molecule has 0 aliphatic rings. The average molecular weight is 582 g/mol. The van der Waals surface area contributed by atoms with Gasteiger partial charge < -0.3 is 10.6 Å². The van der Waals surface area contributed by atoms with Crippen LogP contribution in [0.2, 0.25) is 5.02 Å². The monoisotopic (exact) mass is 581 g/mol. The molecule has 2 N–H and O–H groups in total. The molecule has 5 rings (SSSR count). The van der Waals surface area contributed by atoms with Crippen LogP contribution in [0.5, 0.6) is 0 Å². The number of amides is 2. The molecule has 5 aromatic rings. The summed E-state index contributed by atoms with van der Waals surface area (Å²) in [5, 5.41) is 23.5. The Labute approximate surface area is 234 Å². The first kappa shape index (κ1) is 27.5. The number of hydrogen-bond acceptors (Lipinski definition) is 7. The summed E-state index contributed by atoms with van der Waals surface area (Å²) in [7, 11) is 0. The largest absolute Gasteiger partial charge is 0.452 e. The second kappa shape index (κ2) is 11.6. The third kappa shape index (κ3) is 6.38. The van der Waals surface area contributed by atoms with E-state index in [1.807, 2.05) is 0 Å². The second-order valence-corrected chi connectivity index (χ2v) is 9.10. The molecule has 15 heteroatoms. The molecule has 208 valence electrons. The van der Waals surface area contributed by atoms with E-state index in [0.29, 0.717) is 16.3 Å². The summed E-state index contributed by atoms with van der Waals surface area (Å²) in [6.07, 6.45) is 0.592. The maximum atomic E-state index is 13.4. The van der Waals surface area contributed by atoms with E-state index in [0.717, 1.165) is 16.2 Å². The number of rotatable bonds is 8. The summed E-state index contributed by atoms with van der Waals surface area (Å²) in [6.45, 7) is 0. The lowest BCUT2D eigenvalue weighted by Crippen LogP contribution is -2.44. The predicted octanol–water partition coefficient (Wildman–Crippen LogP) is 3.76. The molecule has 0 spiro atoms. The van der Waals surface area contributed by atoms with Crippen LogP contribution in [0.1, 0.15) is 17.0 Å². The molecule has 0 fully saturated rings. The summed E-state index contributed by atoms with van der Waals surface area (Å²) in [5.74, 6) is -2.51. The van der Waals surface area contributed by atoms with Gasteiger partial charge >= 0.3 is 6.18 Å². The number of carbonyl (C=O) groups is 2. The first-order chi connectivity index (χ1) is 19.7. The number of benzene rings is 2. The van der Waals surface area contributed by atoms with E-state index in [1.165, 1.54) is 35.3 Å². The minimum atomic E-state index is -4.74. The number of hydrogen-bond donors (Lipinski definition) is 2. The maximum absolute atomic E-state index is 13.4. The van der Waals surface area contributed by atoms with Crippen LogP contribution >= 0.6 is 11.6 Å². The molecule has 0 aliphatic heterocycles. The van der Waals surface area contributed by atoms with Gasteiger partial charge in [-0.25, -0.2) is 0 Å². The highest BCUT2D eigenvalue weighted by molar-refractivity contribution is 6.30. The van der Waals surface area contributed by atoms with Crippen LogP contribution in [-0.4, -0.2) is 52.7 Å². The number of tetrazole rings is 1. The summed E-state index contributed by atoms with van der Waals surface area (Å²) >= 11 is 6.13. The van der Waals surface area contributed by atoms with Crippen LogP contribution in [-0.2, 0) is 22.2 Å². The maximum Gasteiger partial charge on any atom is 0.452 e. The molecule has 0 saturated heterocycles. The third-order valence-corrected chi connectivity index (χ3v) is 6.10. The SMILES string of the molecule is O=C(C=Cc1cc(Cl)ccc1-n1cnnn1)N[C@@H](Cc1ccccc1)C(=O)Nc1cccn2c(C(F)(F)F)nnc12. The Morgan fingerprint density at radius 2 is 1.85 bits per heavy atom. The lowest BCUT2D eigenvalue weighted by Gasteiger charge is -2.18. The molecule has 0 aliphatic carbocycles. The number of pyridine rings is 1. The third-order valence-electron chi connectivity index (χ3n) is 5.86. The minimum Gasteiger partial charge on any atom is -0.340 e. The van der Waals surface area contributed by atoms with Crippen molar-refractivity contribution in [2.24, 2.45) is 0 Å². The average Bonchev–Trinajstić information content (AvgIpc) is 3.63. The molecule has 0 unspecified atom stereocenters. The van der Waals surface area contributed by atoms with Crippen molar-refractivity contribution in [2.75, 3.05) is 5.32 Å². The molecule has 0 saturated carbocycles. The summed E-state index contributed by atoms with van der Waals surface area (Å²) < 4.78 is 42.0. The number of halogens is 4. The Morgan fingerprint density at radius 1 is 1.05 bits per heavy atom. The zero-order valence-electron chi connectivity index (χ0n) is 20.8. The van der Waals surface area contributed by atoms with E-state index in [1.54, 1.807) is 48.5 Å². The van der Waals surface area contributed by atoms with Crippen molar-refractivity contribution >= 4 is 40.8 Å². The van der Waals surface area contributed by atoms with E-state index in [4.69, 9.17) is 11.6 Å². The van der Waals surface area contributed by atoms with Crippen LogP contribution in [0.15, 0.2) is 79.3 Å². The highest BCUT2D eigenvalue weighted by Crippen LogP contribution is 2.29. The lowest BCUT2D eigenvalue weighted by molar-refractivity contribution is -0.145. The highest BCUT2D eigenvalue weighted by atomic mass is 35.5. The number of nitrogens with zero attached hydrogens (tertiary/aromatic N) is 7. The van der Waals surface area contributed by atoms with Crippen molar-refractivity contribution in [2.45, 2.75) is 18.6 Å². The Bertz CT molecular complexity index is 1720. The van der Waals surface area contributed by atoms with Crippen molar-refractivity contribution in [3.63, 3.8) is 0 Å². The summed E-state index contributed by atoms with van der Waals surface area (Å²) in [5.41, 5.74) is 1.62. The molecule has 2 amide bonds. The van der Waals surface area contributed by atoms with Gasteiger partial charge in [-0.05, 0) is 52.4 Å². The van der Waals surface area contributed by atoms with Crippen LogP contribution in [0.25, 0.3) is 17.4 Å². The van der Waals surface area contributed by atoms with E-state index in [-0.39, 0.29) is 17.8 Å². The van der Waals surface area contributed by atoms with Gasteiger partial charge in [-0.15, -0.1) is 15.3 Å². The molecule has 11 nitrogen and oxygen atoms in total. The highest BCUT2D eigenvalue weighted by Gasteiger charge is 2.37. The Kier molecular flexibility index (Phi) is 7.74. The van der Waals surface area contributed by atoms with Crippen LogP contribution < -0.4 is 10.6 Å². The Balaban J connectivity index is 1.39. The van der Waals surface area contributed by atoms with Gasteiger partial charge in [-0.1, -0.05) is 41.9 Å². The van der Waals surface area contributed by atoms with Crippen molar-refractivity contribution < 1.29 is 22.8 Å². The van der Waals surface area contributed by atoms with E-state index < -0.39 is 29.9 Å². The molecule has 2 aromatic carbocycles. The van der Waals surface area contributed by atoms with Gasteiger partial charge in [0, 0.05) is 29.3 Å². The first-order valence-electron chi connectivity index (χ1n) is 12.0. The molecule has 41 heavy (non-hydrogen) atoms. The normalized spacial score (nSPS) is 12.5. The van der Waals surface area contributed by atoms with E-state index in [9.17, 15) is 22.8 Å². The van der Waals surface area contributed by atoms with Gasteiger partial charge in [-0.2, -0.15) is 17.9 Å². The van der Waals surface area contributed by atoms with Crippen molar-refractivity contribution in [1.29, 1.82) is 0 Å². The number of carbonyl (C=O) groups excluding carboxylic acids is 2. The standard InChI is InChI=1S/C26H19ClF3N9O2/c27-18-9-10-21(39-15-31-36-37-39)17(14-18)8-11-22(40)32-20(13-16-5-2-1-3-6-16)24(41)33-19-7-4-12-38-23(19)34-35-25(38)26(28,29)30/h1-12,14-15,20H,13H2,(H,32,40)(H,33,41)/t20-/m0/s1. The van der Waals surface area contributed by atoms with Crippen LogP contribution in [0, 0.1) is 0 Å². The van der Waals surface area contributed by atoms with Crippen molar-refractivity contribution in [3.05, 3.63) is 101 Å². The van der Waals surface area contributed by atoms with Gasteiger partial charge in [0.2, 0.25) is 17.6 Å². The fourth-order valence-corrected chi connectivity index (χ4v) is 4.19. The van der Waals surface area contributed by atoms with Gasteiger partial charge in [0.05, 0.1) is 11.4 Å². The minimum absolute atomic E-state index is 0.00614. The fraction of sp³-hybridized carbons (Fsp3) is 0.115. The van der Waals surface area contributed by atoms with Crippen molar-refractivity contribution in [1.82, 2.24) is 40.1 Å². The van der Waals surface area contributed by atoms with Gasteiger partial charge in [-0.3, -0.25) is 14.0 Å².